The number of amides is 1. The molecule has 0 saturated carbocycles. The van der Waals surface area contributed by atoms with Crippen LogP contribution in [0.4, 0.5) is 5.69 Å². The summed E-state index contributed by atoms with van der Waals surface area (Å²) in [6, 6.07) is 8.30. The summed E-state index contributed by atoms with van der Waals surface area (Å²) < 4.78 is 2.25. The van der Waals surface area contributed by atoms with Gasteiger partial charge in [0.15, 0.2) is 0 Å². The Kier molecular flexibility index (Phi) is 4.25. The van der Waals surface area contributed by atoms with Crippen LogP contribution in [-0.4, -0.2) is 23.6 Å². The number of carbonyl (C=O) groups excluding carboxylic acids is 1. The summed E-state index contributed by atoms with van der Waals surface area (Å²) in [6.07, 6.45) is 5.09. The lowest BCUT2D eigenvalue weighted by Crippen LogP contribution is -2.34. The number of nitrogens with one attached hydrogen (secondary N) is 2. The summed E-state index contributed by atoms with van der Waals surface area (Å²) in [5.74, 6) is 0.300. The number of carbonyl (C=O) groups is 1. The minimum atomic E-state index is 0.143. The van der Waals surface area contributed by atoms with E-state index in [0.717, 1.165) is 44.6 Å². The number of hydrogen-bond donors (Lipinski definition) is 2. The van der Waals surface area contributed by atoms with Gasteiger partial charge >= 0.3 is 0 Å². The van der Waals surface area contributed by atoms with Crippen LogP contribution in [0.25, 0.3) is 10.9 Å². The van der Waals surface area contributed by atoms with Crippen LogP contribution in [0.1, 0.15) is 26.2 Å². The lowest BCUT2D eigenvalue weighted by atomic mass is 9.97. The van der Waals surface area contributed by atoms with Gasteiger partial charge < -0.3 is 15.2 Å². The standard InChI is InChI=1S/C17H23N3O/c1-2-10-20-11-7-13-3-4-15(12-16(13)20)19-17(21)14-5-8-18-9-6-14/h3-4,7,11-12,14,18H,2,5-6,8-10H2,1H3,(H,19,21). The summed E-state index contributed by atoms with van der Waals surface area (Å²) in [5.41, 5.74) is 2.10. The fraction of sp³-hybridized carbons (Fsp3) is 0.471. The van der Waals surface area contributed by atoms with Crippen LogP contribution in [0.5, 0.6) is 0 Å². The van der Waals surface area contributed by atoms with Gasteiger partial charge in [0, 0.05) is 24.3 Å². The zero-order chi connectivity index (χ0) is 14.7. The van der Waals surface area contributed by atoms with Gasteiger partial charge in [-0.1, -0.05) is 13.0 Å². The van der Waals surface area contributed by atoms with Crippen molar-refractivity contribution in [3.8, 4) is 0 Å². The van der Waals surface area contributed by atoms with Crippen molar-refractivity contribution in [2.24, 2.45) is 5.92 Å². The Labute approximate surface area is 125 Å². The van der Waals surface area contributed by atoms with Crippen LogP contribution < -0.4 is 10.6 Å². The second-order valence-electron chi connectivity index (χ2n) is 5.80. The van der Waals surface area contributed by atoms with E-state index in [1.54, 1.807) is 0 Å². The summed E-state index contributed by atoms with van der Waals surface area (Å²) in [7, 11) is 0. The second-order valence-corrected chi connectivity index (χ2v) is 5.80. The van der Waals surface area contributed by atoms with Gasteiger partial charge in [-0.2, -0.15) is 0 Å². The highest BCUT2D eigenvalue weighted by Crippen LogP contribution is 2.22. The van der Waals surface area contributed by atoms with E-state index in [2.05, 4.69) is 46.5 Å². The molecule has 1 amide bonds. The van der Waals surface area contributed by atoms with E-state index in [1.165, 1.54) is 10.9 Å². The number of benzene rings is 1. The average molecular weight is 285 g/mol. The number of piperidine rings is 1. The molecule has 2 heterocycles. The normalized spacial score (nSPS) is 16.2. The van der Waals surface area contributed by atoms with E-state index in [1.807, 2.05) is 6.07 Å². The van der Waals surface area contributed by atoms with Crippen LogP contribution >= 0.6 is 0 Å². The zero-order valence-electron chi connectivity index (χ0n) is 12.6. The van der Waals surface area contributed by atoms with Gasteiger partial charge in [0.05, 0.1) is 5.52 Å². The molecule has 0 atom stereocenters. The third kappa shape index (κ3) is 3.10. The number of aryl methyl sites for hydroxylation is 1. The van der Waals surface area contributed by atoms with E-state index in [9.17, 15) is 4.79 Å². The summed E-state index contributed by atoms with van der Waals surface area (Å²) in [5, 5.41) is 7.60. The third-order valence-corrected chi connectivity index (χ3v) is 4.22. The summed E-state index contributed by atoms with van der Waals surface area (Å²) in [4.78, 5) is 12.3. The van der Waals surface area contributed by atoms with Gasteiger partial charge in [-0.05, 0) is 55.9 Å². The van der Waals surface area contributed by atoms with E-state index < -0.39 is 0 Å². The lowest BCUT2D eigenvalue weighted by Gasteiger charge is -2.21. The van der Waals surface area contributed by atoms with Crippen LogP contribution in [0.3, 0.4) is 0 Å². The van der Waals surface area contributed by atoms with Crippen LogP contribution in [-0.2, 0) is 11.3 Å². The van der Waals surface area contributed by atoms with Crippen molar-refractivity contribution in [3.05, 3.63) is 30.5 Å². The molecule has 3 rings (SSSR count). The van der Waals surface area contributed by atoms with Crippen molar-refractivity contribution in [2.75, 3.05) is 18.4 Å². The van der Waals surface area contributed by atoms with Crippen molar-refractivity contribution in [2.45, 2.75) is 32.7 Å². The Morgan fingerprint density at radius 1 is 1.33 bits per heavy atom. The van der Waals surface area contributed by atoms with Crippen molar-refractivity contribution in [1.29, 1.82) is 0 Å². The predicted octanol–water partition coefficient (Wildman–Crippen LogP) is 2.99. The predicted molar refractivity (Wildman–Crippen MR) is 86.5 cm³/mol. The Bertz CT molecular complexity index is 626. The first-order valence-electron chi connectivity index (χ1n) is 7.88. The molecule has 4 heteroatoms. The largest absolute Gasteiger partial charge is 0.347 e. The number of hydrogen-bond acceptors (Lipinski definition) is 2. The molecule has 0 spiro atoms. The number of fused-ring (bicyclic) bond motifs is 1. The Balaban J connectivity index is 1.76. The van der Waals surface area contributed by atoms with E-state index in [-0.39, 0.29) is 11.8 Å². The molecule has 0 bridgehead atoms. The second kappa shape index (κ2) is 6.31. The number of anilines is 1. The smallest absolute Gasteiger partial charge is 0.227 e. The average Bonchev–Trinajstić information content (AvgIpc) is 2.91. The van der Waals surface area contributed by atoms with Gasteiger partial charge in [0.25, 0.3) is 0 Å². The molecular weight excluding hydrogens is 262 g/mol. The molecule has 1 aromatic carbocycles. The molecule has 1 aliphatic rings. The highest BCUT2D eigenvalue weighted by atomic mass is 16.1. The number of nitrogens with zero attached hydrogens (tertiary/aromatic N) is 1. The van der Waals surface area contributed by atoms with Gasteiger partial charge in [-0.25, -0.2) is 0 Å². The maximum atomic E-state index is 12.3. The first-order chi connectivity index (χ1) is 10.3. The Morgan fingerprint density at radius 2 is 2.14 bits per heavy atom. The molecule has 1 aliphatic heterocycles. The molecule has 1 fully saturated rings. The fourth-order valence-electron chi connectivity index (χ4n) is 3.03. The molecular formula is C17H23N3O. The van der Waals surface area contributed by atoms with Gasteiger partial charge in [-0.15, -0.1) is 0 Å². The maximum Gasteiger partial charge on any atom is 0.227 e. The summed E-state index contributed by atoms with van der Waals surface area (Å²) >= 11 is 0. The Morgan fingerprint density at radius 3 is 2.90 bits per heavy atom. The van der Waals surface area contributed by atoms with Crippen LogP contribution in [0.15, 0.2) is 30.5 Å². The van der Waals surface area contributed by atoms with Crippen LogP contribution in [0.2, 0.25) is 0 Å². The maximum absolute atomic E-state index is 12.3. The monoisotopic (exact) mass is 285 g/mol. The molecule has 2 N–H and O–H groups in total. The molecule has 1 saturated heterocycles. The highest BCUT2D eigenvalue weighted by Gasteiger charge is 2.20. The molecule has 21 heavy (non-hydrogen) atoms. The van der Waals surface area contributed by atoms with Crippen molar-refractivity contribution in [3.63, 3.8) is 0 Å². The first-order valence-corrected chi connectivity index (χ1v) is 7.88. The van der Waals surface area contributed by atoms with Gasteiger partial charge in [-0.3, -0.25) is 4.79 Å². The third-order valence-electron chi connectivity index (χ3n) is 4.22. The molecule has 112 valence electrons. The molecule has 2 aromatic rings. The highest BCUT2D eigenvalue weighted by molar-refractivity contribution is 5.95. The van der Waals surface area contributed by atoms with Gasteiger partial charge in [0.1, 0.15) is 0 Å². The molecule has 0 unspecified atom stereocenters. The minimum absolute atomic E-state index is 0.143. The minimum Gasteiger partial charge on any atom is -0.347 e. The van der Waals surface area contributed by atoms with E-state index in [0.29, 0.717) is 0 Å². The molecule has 0 aliphatic carbocycles. The summed E-state index contributed by atoms with van der Waals surface area (Å²) in [6.45, 7) is 5.07. The van der Waals surface area contributed by atoms with Gasteiger partial charge in [0.2, 0.25) is 5.91 Å². The Hall–Kier alpha value is -1.81. The number of rotatable bonds is 4. The van der Waals surface area contributed by atoms with Crippen molar-refractivity contribution in [1.82, 2.24) is 9.88 Å². The van der Waals surface area contributed by atoms with Crippen molar-refractivity contribution >= 4 is 22.5 Å². The first kappa shape index (κ1) is 14.1. The van der Waals surface area contributed by atoms with Crippen LogP contribution in [0, 0.1) is 5.92 Å². The molecule has 4 nitrogen and oxygen atoms in total. The van der Waals surface area contributed by atoms with E-state index in [4.69, 9.17) is 0 Å². The lowest BCUT2D eigenvalue weighted by molar-refractivity contribution is -0.120. The molecule has 1 aromatic heterocycles. The number of aromatic nitrogens is 1. The zero-order valence-corrected chi connectivity index (χ0v) is 12.6. The van der Waals surface area contributed by atoms with Crippen molar-refractivity contribution < 1.29 is 4.79 Å². The molecule has 0 radical (unpaired) electrons. The topological polar surface area (TPSA) is 46.1 Å². The quantitative estimate of drug-likeness (QED) is 0.907. The SMILES string of the molecule is CCCn1ccc2ccc(NC(=O)C3CCNCC3)cc21. The fourth-order valence-corrected chi connectivity index (χ4v) is 3.03. The van der Waals surface area contributed by atoms with E-state index >= 15 is 0 Å².